The highest BCUT2D eigenvalue weighted by Crippen LogP contribution is 2.25. The SMILES string of the molecule is CCn1c(CNc2ccc(C(=N)N)cc2F)nc2cc(C(=O)N(CCC(=O)O)c3ccc(F)c(C)c3)ccc21. The number of fused-ring (bicyclic) bond motifs is 1. The van der Waals surface area contributed by atoms with Gasteiger partial charge in [-0.2, -0.15) is 0 Å². The van der Waals surface area contributed by atoms with Gasteiger partial charge in [-0.05, 0) is 74.0 Å². The van der Waals surface area contributed by atoms with Crippen LogP contribution in [0.1, 0.15) is 40.7 Å². The number of rotatable bonds is 10. The predicted octanol–water partition coefficient (Wildman–Crippen LogP) is 4.66. The molecule has 39 heavy (non-hydrogen) atoms. The molecule has 1 aromatic heterocycles. The maximum atomic E-state index is 14.5. The zero-order chi connectivity index (χ0) is 28.3. The molecule has 0 unspecified atom stereocenters. The van der Waals surface area contributed by atoms with E-state index in [0.717, 1.165) is 5.52 Å². The summed E-state index contributed by atoms with van der Waals surface area (Å²) < 4.78 is 30.3. The first-order valence-electron chi connectivity index (χ1n) is 12.3. The van der Waals surface area contributed by atoms with Gasteiger partial charge < -0.3 is 25.6 Å². The van der Waals surface area contributed by atoms with Gasteiger partial charge in [0.15, 0.2) is 0 Å². The Morgan fingerprint density at radius 2 is 1.82 bits per heavy atom. The zero-order valence-electron chi connectivity index (χ0n) is 21.5. The highest BCUT2D eigenvalue weighted by Gasteiger charge is 2.21. The number of carboxylic acids is 1. The third-order valence-electron chi connectivity index (χ3n) is 6.36. The molecule has 0 fully saturated rings. The fourth-order valence-corrected chi connectivity index (χ4v) is 4.31. The molecule has 5 N–H and O–H groups in total. The fraction of sp³-hybridized carbons (Fsp3) is 0.214. The van der Waals surface area contributed by atoms with Gasteiger partial charge in [0.1, 0.15) is 23.3 Å². The van der Waals surface area contributed by atoms with Gasteiger partial charge in [0, 0.05) is 29.9 Å². The molecule has 0 aliphatic rings. The molecule has 0 spiro atoms. The van der Waals surface area contributed by atoms with Crippen LogP contribution in [0.25, 0.3) is 11.0 Å². The number of anilines is 2. The summed E-state index contributed by atoms with van der Waals surface area (Å²) >= 11 is 0. The summed E-state index contributed by atoms with van der Waals surface area (Å²) in [6.45, 7) is 4.19. The number of carbonyl (C=O) groups is 2. The van der Waals surface area contributed by atoms with Crippen LogP contribution in [0, 0.1) is 24.0 Å². The number of hydrogen-bond donors (Lipinski definition) is 4. The maximum absolute atomic E-state index is 14.5. The van der Waals surface area contributed by atoms with E-state index < -0.39 is 23.5 Å². The number of halogens is 2. The van der Waals surface area contributed by atoms with Crippen LogP contribution in [-0.2, 0) is 17.9 Å². The molecule has 9 nitrogen and oxygen atoms in total. The minimum absolute atomic E-state index is 0.0934. The number of benzene rings is 3. The largest absolute Gasteiger partial charge is 0.481 e. The van der Waals surface area contributed by atoms with Crippen molar-refractivity contribution in [3.63, 3.8) is 0 Å². The topological polar surface area (TPSA) is 137 Å². The quantitative estimate of drug-likeness (QED) is 0.173. The average Bonchev–Trinajstić information content (AvgIpc) is 3.26. The van der Waals surface area contributed by atoms with E-state index in [0.29, 0.717) is 34.7 Å². The zero-order valence-corrected chi connectivity index (χ0v) is 21.5. The number of aliphatic carboxylic acids is 1. The van der Waals surface area contributed by atoms with Crippen molar-refractivity contribution in [2.45, 2.75) is 33.4 Å². The lowest BCUT2D eigenvalue weighted by molar-refractivity contribution is -0.136. The van der Waals surface area contributed by atoms with Crippen molar-refractivity contribution in [2.24, 2.45) is 5.73 Å². The van der Waals surface area contributed by atoms with E-state index in [2.05, 4.69) is 10.3 Å². The number of nitrogen functional groups attached to an aromatic ring is 1. The first-order valence-corrected chi connectivity index (χ1v) is 12.3. The van der Waals surface area contributed by atoms with Crippen LogP contribution in [0.2, 0.25) is 0 Å². The first kappa shape index (κ1) is 27.2. The van der Waals surface area contributed by atoms with Crippen molar-refractivity contribution in [1.29, 1.82) is 5.41 Å². The van der Waals surface area contributed by atoms with Gasteiger partial charge in [-0.3, -0.25) is 15.0 Å². The monoisotopic (exact) mass is 534 g/mol. The van der Waals surface area contributed by atoms with E-state index in [1.807, 2.05) is 11.5 Å². The standard InChI is InChI=1S/C28H28F2N6O3/c1-3-35-24-9-5-18(28(39)36(11-10-26(37)38)19-6-7-20(29)16(2)12-19)14-23(24)34-25(35)15-33-22-8-4-17(27(31)32)13-21(22)30/h4-9,12-14,33H,3,10-11,15H2,1-2H3,(H3,31,32)(H,37,38). The summed E-state index contributed by atoms with van der Waals surface area (Å²) in [4.78, 5) is 30.7. The molecule has 0 aliphatic heterocycles. The van der Waals surface area contributed by atoms with Gasteiger partial charge in [-0.1, -0.05) is 0 Å². The van der Waals surface area contributed by atoms with Crippen LogP contribution in [0.5, 0.6) is 0 Å². The number of hydrogen-bond acceptors (Lipinski definition) is 5. The molecule has 1 heterocycles. The van der Waals surface area contributed by atoms with E-state index in [9.17, 15) is 23.5 Å². The molecular weight excluding hydrogens is 506 g/mol. The Morgan fingerprint density at radius 3 is 2.46 bits per heavy atom. The second-order valence-electron chi connectivity index (χ2n) is 8.97. The fourth-order valence-electron chi connectivity index (χ4n) is 4.31. The average molecular weight is 535 g/mol. The van der Waals surface area contributed by atoms with Crippen molar-refractivity contribution in [3.8, 4) is 0 Å². The molecule has 3 aromatic carbocycles. The van der Waals surface area contributed by atoms with Crippen LogP contribution in [-0.4, -0.2) is 38.9 Å². The third-order valence-corrected chi connectivity index (χ3v) is 6.36. The molecule has 11 heteroatoms. The Morgan fingerprint density at radius 1 is 1.08 bits per heavy atom. The molecule has 0 aliphatic carbocycles. The molecule has 0 radical (unpaired) electrons. The number of nitrogens with one attached hydrogen (secondary N) is 2. The first-order chi connectivity index (χ1) is 18.6. The lowest BCUT2D eigenvalue weighted by Gasteiger charge is -2.23. The summed E-state index contributed by atoms with van der Waals surface area (Å²) in [5.74, 6) is -2.09. The van der Waals surface area contributed by atoms with E-state index >= 15 is 0 Å². The van der Waals surface area contributed by atoms with E-state index in [1.54, 1.807) is 31.2 Å². The molecule has 0 saturated heterocycles. The molecule has 0 bridgehead atoms. The number of nitrogens with zero attached hydrogens (tertiary/aromatic N) is 3. The van der Waals surface area contributed by atoms with E-state index in [1.165, 1.54) is 35.2 Å². The van der Waals surface area contributed by atoms with Crippen molar-refractivity contribution in [2.75, 3.05) is 16.8 Å². The summed E-state index contributed by atoms with van der Waals surface area (Å²) in [6.07, 6.45) is -0.283. The Kier molecular flexibility index (Phi) is 7.89. The number of imidazole rings is 1. The van der Waals surface area contributed by atoms with Crippen LogP contribution < -0.4 is 16.0 Å². The van der Waals surface area contributed by atoms with Crippen LogP contribution in [0.4, 0.5) is 20.2 Å². The van der Waals surface area contributed by atoms with Gasteiger partial charge in [0.25, 0.3) is 5.91 Å². The number of aryl methyl sites for hydroxylation is 2. The minimum atomic E-state index is -1.06. The number of nitrogens with two attached hydrogens (primary N) is 1. The van der Waals surface area contributed by atoms with E-state index in [-0.39, 0.29) is 36.6 Å². The van der Waals surface area contributed by atoms with Crippen LogP contribution in [0.3, 0.4) is 0 Å². The lowest BCUT2D eigenvalue weighted by atomic mass is 10.1. The molecule has 202 valence electrons. The van der Waals surface area contributed by atoms with Crippen molar-refractivity contribution >= 4 is 40.1 Å². The summed E-state index contributed by atoms with van der Waals surface area (Å²) in [5, 5.41) is 19.7. The lowest BCUT2D eigenvalue weighted by Crippen LogP contribution is -2.33. The van der Waals surface area contributed by atoms with Gasteiger partial charge in [-0.25, -0.2) is 13.8 Å². The number of carboxylic acid groups (broad SMARTS) is 1. The molecule has 4 rings (SSSR count). The smallest absolute Gasteiger partial charge is 0.305 e. The second kappa shape index (κ2) is 11.3. The molecule has 0 saturated carbocycles. The Balaban J connectivity index is 1.63. The summed E-state index contributed by atoms with van der Waals surface area (Å²) in [6, 6.07) is 13.5. The summed E-state index contributed by atoms with van der Waals surface area (Å²) in [7, 11) is 0. The molecule has 4 aromatic rings. The van der Waals surface area contributed by atoms with Crippen molar-refractivity contribution < 1.29 is 23.5 Å². The Hall–Kier alpha value is -4.80. The Bertz CT molecular complexity index is 1580. The van der Waals surface area contributed by atoms with E-state index in [4.69, 9.17) is 11.1 Å². The third kappa shape index (κ3) is 5.87. The number of carbonyl (C=O) groups excluding carboxylic acids is 1. The van der Waals surface area contributed by atoms with Gasteiger partial charge >= 0.3 is 5.97 Å². The molecule has 0 atom stereocenters. The molecule has 1 amide bonds. The minimum Gasteiger partial charge on any atom is -0.481 e. The second-order valence-corrected chi connectivity index (χ2v) is 8.97. The van der Waals surface area contributed by atoms with Gasteiger partial charge in [-0.15, -0.1) is 0 Å². The van der Waals surface area contributed by atoms with Crippen molar-refractivity contribution in [1.82, 2.24) is 9.55 Å². The van der Waals surface area contributed by atoms with Gasteiger partial charge in [0.05, 0.1) is 29.7 Å². The number of amidine groups is 1. The number of aromatic nitrogens is 2. The molecular formula is C28H28F2N6O3. The van der Waals surface area contributed by atoms with Gasteiger partial charge in [0.2, 0.25) is 0 Å². The summed E-state index contributed by atoms with van der Waals surface area (Å²) in [5.41, 5.74) is 8.27. The van der Waals surface area contributed by atoms with Crippen molar-refractivity contribution in [3.05, 3.63) is 88.7 Å². The predicted molar refractivity (Wildman–Crippen MR) is 145 cm³/mol. The van der Waals surface area contributed by atoms with Crippen LogP contribution in [0.15, 0.2) is 54.6 Å². The maximum Gasteiger partial charge on any atom is 0.305 e. The highest BCUT2D eigenvalue weighted by atomic mass is 19.1. The normalized spacial score (nSPS) is 11.0. The Labute approximate surface area is 223 Å². The number of amides is 1. The van der Waals surface area contributed by atoms with Crippen LogP contribution >= 0.6 is 0 Å². The highest BCUT2D eigenvalue weighted by molar-refractivity contribution is 6.08.